The third kappa shape index (κ3) is 4.60. The first-order valence-electron chi connectivity index (χ1n) is 11.4. The van der Waals surface area contributed by atoms with Crippen LogP contribution < -0.4 is 10.2 Å². The summed E-state index contributed by atoms with van der Waals surface area (Å²) in [6, 6.07) is 13.4. The lowest BCUT2D eigenvalue weighted by Crippen LogP contribution is -2.58. The van der Waals surface area contributed by atoms with Crippen molar-refractivity contribution in [2.75, 3.05) is 31.2 Å². The fourth-order valence-corrected chi connectivity index (χ4v) is 4.70. The number of likely N-dealkylation sites (tertiary alicyclic amines) is 1. The topological polar surface area (TPSA) is 86.1 Å². The normalized spacial score (nSPS) is 18.2. The predicted octanol–water partition coefficient (Wildman–Crippen LogP) is 2.61. The summed E-state index contributed by atoms with van der Waals surface area (Å²) in [5.41, 5.74) is -0.265. The van der Waals surface area contributed by atoms with Crippen LogP contribution >= 0.6 is 0 Å². The van der Waals surface area contributed by atoms with Gasteiger partial charge in [-0.1, -0.05) is 39.0 Å². The molecule has 2 saturated heterocycles. The van der Waals surface area contributed by atoms with Crippen LogP contribution in [-0.4, -0.2) is 59.4 Å². The average molecular weight is 453 g/mol. The molecule has 1 aromatic carbocycles. The number of carbonyl (C=O) groups excluding carboxylic acids is 3. The van der Waals surface area contributed by atoms with Crippen LogP contribution in [0.4, 0.5) is 5.69 Å². The minimum atomic E-state index is -0.753. The molecule has 3 heterocycles. The first-order valence-corrected chi connectivity index (χ1v) is 11.4. The van der Waals surface area contributed by atoms with Crippen molar-refractivity contribution in [1.29, 1.82) is 0 Å². The molecule has 33 heavy (non-hydrogen) atoms. The van der Waals surface area contributed by atoms with Crippen molar-refractivity contribution in [3.63, 3.8) is 0 Å². The third-order valence-corrected chi connectivity index (χ3v) is 6.48. The van der Waals surface area contributed by atoms with Gasteiger partial charge in [0.2, 0.25) is 11.8 Å². The molecule has 2 aromatic rings. The summed E-state index contributed by atoms with van der Waals surface area (Å²) < 4.78 is 5.26. The van der Waals surface area contributed by atoms with Crippen LogP contribution in [0.3, 0.4) is 0 Å². The maximum absolute atomic E-state index is 13.7. The van der Waals surface area contributed by atoms with Crippen molar-refractivity contribution in [2.24, 2.45) is 5.41 Å². The molecule has 2 aliphatic heterocycles. The molecule has 2 aliphatic rings. The molecule has 1 N–H and O–H groups in total. The summed E-state index contributed by atoms with van der Waals surface area (Å²) >= 11 is 0. The Morgan fingerprint density at radius 1 is 1.06 bits per heavy atom. The van der Waals surface area contributed by atoms with E-state index in [4.69, 9.17) is 4.42 Å². The lowest BCUT2D eigenvalue weighted by molar-refractivity contribution is -0.144. The summed E-state index contributed by atoms with van der Waals surface area (Å²) in [7, 11) is 0. The molecule has 176 valence electrons. The number of anilines is 1. The van der Waals surface area contributed by atoms with E-state index in [1.807, 2.05) is 56.0 Å². The monoisotopic (exact) mass is 452 g/mol. The van der Waals surface area contributed by atoms with Gasteiger partial charge in [0.1, 0.15) is 17.8 Å². The van der Waals surface area contributed by atoms with Gasteiger partial charge in [-0.05, 0) is 37.1 Å². The average Bonchev–Trinajstić information content (AvgIpc) is 3.41. The Hall–Kier alpha value is -3.29. The van der Waals surface area contributed by atoms with Crippen molar-refractivity contribution in [1.82, 2.24) is 15.1 Å². The molecule has 8 heteroatoms. The molecule has 0 saturated carbocycles. The molecule has 4 rings (SSSR count). The molecule has 0 atom stereocenters. The molecule has 0 bridgehead atoms. The number of nitrogens with one attached hydrogen (secondary N) is 1. The van der Waals surface area contributed by atoms with E-state index in [0.717, 1.165) is 5.69 Å². The quantitative estimate of drug-likeness (QED) is 0.754. The molecule has 3 amide bonds. The Bertz CT molecular complexity index is 989. The lowest BCUT2D eigenvalue weighted by Gasteiger charge is -2.44. The number of rotatable bonds is 5. The van der Waals surface area contributed by atoms with Crippen LogP contribution in [0.15, 0.2) is 53.1 Å². The first kappa shape index (κ1) is 22.9. The Kier molecular flexibility index (Phi) is 6.19. The minimum Gasteiger partial charge on any atom is -0.467 e. The summed E-state index contributed by atoms with van der Waals surface area (Å²) in [4.78, 5) is 44.7. The molecule has 1 spiro atoms. The number of hydrogen-bond acceptors (Lipinski definition) is 5. The molecule has 0 unspecified atom stereocenters. The maximum Gasteiger partial charge on any atom is 0.250 e. The second-order valence-electron chi connectivity index (χ2n) is 9.84. The zero-order chi connectivity index (χ0) is 23.6. The maximum atomic E-state index is 13.7. The summed E-state index contributed by atoms with van der Waals surface area (Å²) in [5.74, 6) is 0.477. The van der Waals surface area contributed by atoms with Crippen molar-refractivity contribution in [3.05, 3.63) is 54.5 Å². The largest absolute Gasteiger partial charge is 0.467 e. The van der Waals surface area contributed by atoms with Crippen LogP contribution in [0.1, 0.15) is 39.4 Å². The molecule has 1 aromatic heterocycles. The summed E-state index contributed by atoms with van der Waals surface area (Å²) in [6.07, 6.45) is 2.63. The van der Waals surface area contributed by atoms with Crippen LogP contribution in [-0.2, 0) is 20.9 Å². The zero-order valence-corrected chi connectivity index (χ0v) is 19.5. The first-order chi connectivity index (χ1) is 15.7. The van der Waals surface area contributed by atoms with Gasteiger partial charge in [-0.2, -0.15) is 0 Å². The molecular weight excluding hydrogens is 420 g/mol. The number of benzene rings is 1. The van der Waals surface area contributed by atoms with Gasteiger partial charge >= 0.3 is 0 Å². The molecule has 8 nitrogen and oxygen atoms in total. The molecule has 0 aliphatic carbocycles. The van der Waals surface area contributed by atoms with E-state index < -0.39 is 11.0 Å². The molecule has 2 fully saturated rings. The van der Waals surface area contributed by atoms with Gasteiger partial charge in [0.25, 0.3) is 5.91 Å². The number of furan rings is 1. The number of nitrogens with zero attached hydrogens (tertiary/aromatic N) is 3. The minimum absolute atomic E-state index is 0.0186. The number of piperidine rings is 1. The second kappa shape index (κ2) is 8.92. The number of hydrogen-bond donors (Lipinski definition) is 1. The van der Waals surface area contributed by atoms with Crippen LogP contribution in [0.25, 0.3) is 0 Å². The fourth-order valence-electron chi connectivity index (χ4n) is 4.70. The zero-order valence-electron chi connectivity index (χ0n) is 19.5. The Morgan fingerprint density at radius 3 is 2.36 bits per heavy atom. The van der Waals surface area contributed by atoms with Gasteiger partial charge in [-0.15, -0.1) is 0 Å². The van der Waals surface area contributed by atoms with Gasteiger partial charge < -0.3 is 24.4 Å². The van der Waals surface area contributed by atoms with Crippen molar-refractivity contribution in [2.45, 2.75) is 45.7 Å². The third-order valence-electron chi connectivity index (χ3n) is 6.48. The second-order valence-corrected chi connectivity index (χ2v) is 9.84. The van der Waals surface area contributed by atoms with Gasteiger partial charge in [0.05, 0.1) is 19.5 Å². The number of para-hydroxylation sites is 1. The predicted molar refractivity (Wildman–Crippen MR) is 124 cm³/mol. The highest BCUT2D eigenvalue weighted by molar-refractivity contribution is 5.96. The van der Waals surface area contributed by atoms with E-state index in [1.54, 1.807) is 23.3 Å². The van der Waals surface area contributed by atoms with E-state index in [9.17, 15) is 14.4 Å². The summed E-state index contributed by atoms with van der Waals surface area (Å²) in [5, 5.41) is 2.82. The highest BCUT2D eigenvalue weighted by Gasteiger charge is 2.54. The highest BCUT2D eigenvalue weighted by atomic mass is 16.3. The molecular formula is C25H32N4O4. The van der Waals surface area contributed by atoms with Gasteiger partial charge in [-0.3, -0.25) is 14.4 Å². The van der Waals surface area contributed by atoms with Gasteiger partial charge in [-0.25, -0.2) is 0 Å². The van der Waals surface area contributed by atoms with E-state index in [1.165, 1.54) is 0 Å². The standard InChI is InChI=1S/C25H32N4O4/c1-24(2,3)22(31)27-13-11-25(12-14-27)23(32)28(18-29(25)19-8-5-4-6-9-19)17-21(30)26-16-20-10-7-15-33-20/h4-10,15H,11-14,16-18H2,1-3H3,(H,26,30). The Morgan fingerprint density at radius 2 is 1.76 bits per heavy atom. The number of amides is 3. The van der Waals surface area contributed by atoms with E-state index in [-0.39, 0.29) is 30.8 Å². The van der Waals surface area contributed by atoms with E-state index >= 15 is 0 Å². The van der Waals surface area contributed by atoms with Crippen LogP contribution in [0, 0.1) is 5.41 Å². The van der Waals surface area contributed by atoms with Crippen LogP contribution in [0.5, 0.6) is 0 Å². The smallest absolute Gasteiger partial charge is 0.250 e. The van der Waals surface area contributed by atoms with Crippen LogP contribution in [0.2, 0.25) is 0 Å². The molecule has 0 radical (unpaired) electrons. The Balaban J connectivity index is 1.50. The van der Waals surface area contributed by atoms with Crippen molar-refractivity contribution >= 4 is 23.4 Å². The van der Waals surface area contributed by atoms with Gasteiger partial charge in [0.15, 0.2) is 0 Å². The summed E-state index contributed by atoms with van der Waals surface area (Å²) in [6.45, 7) is 7.39. The highest BCUT2D eigenvalue weighted by Crippen LogP contribution is 2.40. The lowest BCUT2D eigenvalue weighted by atomic mass is 9.84. The number of carbonyl (C=O) groups is 3. The van der Waals surface area contributed by atoms with E-state index in [0.29, 0.717) is 38.4 Å². The SMILES string of the molecule is CC(C)(C)C(=O)N1CCC2(CC1)C(=O)N(CC(=O)NCc1ccco1)CN2c1ccccc1. The van der Waals surface area contributed by atoms with Crippen molar-refractivity contribution < 1.29 is 18.8 Å². The fraction of sp³-hybridized carbons (Fsp3) is 0.480. The van der Waals surface area contributed by atoms with E-state index in [2.05, 4.69) is 10.2 Å². The Labute approximate surface area is 194 Å². The van der Waals surface area contributed by atoms with Crippen molar-refractivity contribution in [3.8, 4) is 0 Å². The van der Waals surface area contributed by atoms with Gasteiger partial charge in [0, 0.05) is 24.2 Å².